The SMILES string of the molecule is Cc1ccc(COc2cccc(-c3ccc(Cc4nc5ccc(C(=O)O)cc5n4CC4(CO)CC4)c(F)c3)n2)c(F)c1. The van der Waals surface area contributed by atoms with E-state index >= 15 is 4.39 Å². The highest BCUT2D eigenvalue weighted by molar-refractivity contribution is 5.92. The van der Waals surface area contributed by atoms with Gasteiger partial charge in [-0.25, -0.2) is 23.5 Å². The van der Waals surface area contributed by atoms with E-state index in [0.717, 1.165) is 18.4 Å². The van der Waals surface area contributed by atoms with E-state index in [0.29, 0.717) is 51.7 Å². The van der Waals surface area contributed by atoms with Gasteiger partial charge >= 0.3 is 5.97 Å². The van der Waals surface area contributed by atoms with Crippen LogP contribution in [0.1, 0.15) is 45.7 Å². The van der Waals surface area contributed by atoms with Gasteiger partial charge in [-0.1, -0.05) is 30.3 Å². The number of hydrogen-bond donors (Lipinski definition) is 2. The fourth-order valence-electron chi connectivity index (χ4n) is 5.09. The van der Waals surface area contributed by atoms with Gasteiger partial charge in [0.2, 0.25) is 5.88 Å². The quantitative estimate of drug-likeness (QED) is 0.204. The first-order valence-corrected chi connectivity index (χ1v) is 13.7. The predicted octanol–water partition coefficient (Wildman–Crippen LogP) is 6.33. The number of halogens is 2. The lowest BCUT2D eigenvalue weighted by atomic mass is 10.0. The van der Waals surface area contributed by atoms with Gasteiger partial charge in [0.05, 0.1) is 28.9 Å². The number of aromatic carboxylic acids is 1. The topological polar surface area (TPSA) is 97.5 Å². The largest absolute Gasteiger partial charge is 0.478 e. The van der Waals surface area contributed by atoms with Crippen molar-refractivity contribution in [1.82, 2.24) is 14.5 Å². The van der Waals surface area contributed by atoms with E-state index in [-0.39, 0.29) is 36.4 Å². The molecule has 0 unspecified atom stereocenters. The molecule has 6 rings (SSSR count). The molecule has 0 radical (unpaired) electrons. The van der Waals surface area contributed by atoms with Gasteiger partial charge in [0.1, 0.15) is 24.1 Å². The van der Waals surface area contributed by atoms with Gasteiger partial charge in [0.25, 0.3) is 0 Å². The number of imidazole rings is 1. The van der Waals surface area contributed by atoms with E-state index < -0.39 is 11.8 Å². The molecule has 1 aliphatic rings. The molecule has 214 valence electrons. The number of aliphatic hydroxyl groups excluding tert-OH is 1. The third-order valence-electron chi connectivity index (χ3n) is 7.87. The summed E-state index contributed by atoms with van der Waals surface area (Å²) < 4.78 is 37.3. The number of aryl methyl sites for hydroxylation is 1. The zero-order valence-electron chi connectivity index (χ0n) is 23.0. The molecule has 0 bridgehead atoms. The number of rotatable bonds is 10. The molecule has 0 saturated heterocycles. The number of benzene rings is 3. The van der Waals surface area contributed by atoms with Crippen LogP contribution in [0.15, 0.2) is 72.8 Å². The molecule has 7 nitrogen and oxygen atoms in total. The second-order valence-corrected chi connectivity index (χ2v) is 11.0. The highest BCUT2D eigenvalue weighted by Gasteiger charge is 2.43. The molecule has 1 fully saturated rings. The minimum Gasteiger partial charge on any atom is -0.478 e. The summed E-state index contributed by atoms with van der Waals surface area (Å²) in [5.74, 6) is -0.930. The highest BCUT2D eigenvalue weighted by atomic mass is 19.1. The van der Waals surface area contributed by atoms with Gasteiger partial charge in [-0.3, -0.25) is 0 Å². The Morgan fingerprint density at radius 1 is 0.976 bits per heavy atom. The van der Waals surface area contributed by atoms with E-state index in [2.05, 4.69) is 4.98 Å². The molecule has 1 aliphatic carbocycles. The summed E-state index contributed by atoms with van der Waals surface area (Å²) in [6.07, 6.45) is 1.91. The molecule has 2 N–H and O–H groups in total. The van der Waals surface area contributed by atoms with Crippen LogP contribution in [0, 0.1) is 24.0 Å². The number of carbonyl (C=O) groups is 1. The van der Waals surface area contributed by atoms with Crippen LogP contribution in [-0.4, -0.2) is 37.3 Å². The maximum Gasteiger partial charge on any atom is 0.335 e. The predicted molar refractivity (Wildman–Crippen MR) is 153 cm³/mol. The van der Waals surface area contributed by atoms with Gasteiger partial charge < -0.3 is 19.5 Å². The van der Waals surface area contributed by atoms with Crippen molar-refractivity contribution in [3.63, 3.8) is 0 Å². The van der Waals surface area contributed by atoms with Gasteiger partial charge in [0, 0.05) is 35.6 Å². The second kappa shape index (κ2) is 11.0. The summed E-state index contributed by atoms with van der Waals surface area (Å²) >= 11 is 0. The van der Waals surface area contributed by atoms with Gasteiger partial charge in [-0.05, 0) is 67.3 Å². The fraction of sp³-hybridized carbons (Fsp3) is 0.242. The highest BCUT2D eigenvalue weighted by Crippen LogP contribution is 2.47. The second-order valence-electron chi connectivity index (χ2n) is 11.0. The summed E-state index contributed by atoms with van der Waals surface area (Å²) in [7, 11) is 0. The maximum atomic E-state index is 15.5. The van der Waals surface area contributed by atoms with Crippen molar-refractivity contribution in [1.29, 1.82) is 0 Å². The molecule has 9 heteroatoms. The van der Waals surface area contributed by atoms with Crippen molar-refractivity contribution in [2.75, 3.05) is 6.61 Å². The lowest BCUT2D eigenvalue weighted by Gasteiger charge is -2.16. The Balaban J connectivity index is 1.25. The van der Waals surface area contributed by atoms with Crippen LogP contribution in [0.25, 0.3) is 22.3 Å². The molecule has 0 aliphatic heterocycles. The minimum absolute atomic E-state index is 0.0163. The van der Waals surface area contributed by atoms with Gasteiger partial charge in [-0.15, -0.1) is 0 Å². The van der Waals surface area contributed by atoms with Crippen LogP contribution in [0.2, 0.25) is 0 Å². The first-order valence-electron chi connectivity index (χ1n) is 13.7. The Morgan fingerprint density at radius 3 is 2.48 bits per heavy atom. The fourth-order valence-corrected chi connectivity index (χ4v) is 5.09. The first-order chi connectivity index (χ1) is 20.2. The first kappa shape index (κ1) is 27.5. The number of fused-ring (bicyclic) bond motifs is 1. The summed E-state index contributed by atoms with van der Waals surface area (Å²) in [4.78, 5) is 20.8. The summed E-state index contributed by atoms with van der Waals surface area (Å²) in [5, 5.41) is 19.4. The normalized spacial score (nSPS) is 13.8. The molecular weight excluding hydrogens is 540 g/mol. The van der Waals surface area contributed by atoms with E-state index in [9.17, 15) is 19.4 Å². The molecular formula is C33H29F2N3O4. The van der Waals surface area contributed by atoms with E-state index in [4.69, 9.17) is 9.72 Å². The number of carboxylic acids is 1. The van der Waals surface area contributed by atoms with Crippen LogP contribution in [0.3, 0.4) is 0 Å². The molecule has 0 atom stereocenters. The monoisotopic (exact) mass is 569 g/mol. The zero-order valence-corrected chi connectivity index (χ0v) is 23.0. The third kappa shape index (κ3) is 5.60. The zero-order chi connectivity index (χ0) is 29.4. The maximum absolute atomic E-state index is 15.5. The number of aliphatic hydroxyl groups is 1. The molecule has 5 aromatic rings. The lowest BCUT2D eigenvalue weighted by Crippen LogP contribution is -2.18. The summed E-state index contributed by atoms with van der Waals surface area (Å²) in [5.41, 5.74) is 3.86. The average Bonchev–Trinajstić information content (AvgIpc) is 3.68. The molecule has 0 amide bonds. The molecule has 3 aromatic carbocycles. The minimum atomic E-state index is -1.04. The van der Waals surface area contributed by atoms with Crippen LogP contribution in [0.5, 0.6) is 5.88 Å². The van der Waals surface area contributed by atoms with Crippen LogP contribution >= 0.6 is 0 Å². The average molecular weight is 570 g/mol. The standard InChI is InChI=1S/C33H29F2N3O4/c1-20-5-6-24(25(34)13-20)17-42-31-4-2-3-27(37-31)22-8-7-21(26(35)14-22)16-30-36-28-10-9-23(32(40)41)15-29(28)38(30)18-33(19-39)11-12-33/h2-10,13-15,39H,11-12,16-19H2,1H3,(H,40,41). The van der Waals surface area contributed by atoms with E-state index in [1.165, 1.54) is 18.2 Å². The Hall–Kier alpha value is -4.63. The molecule has 2 heterocycles. The van der Waals surface area contributed by atoms with Crippen LogP contribution in [0.4, 0.5) is 8.78 Å². The molecule has 2 aromatic heterocycles. The van der Waals surface area contributed by atoms with Crippen molar-refractivity contribution >= 4 is 17.0 Å². The number of nitrogens with zero attached hydrogens (tertiary/aromatic N) is 3. The lowest BCUT2D eigenvalue weighted by molar-refractivity contribution is 0.0697. The van der Waals surface area contributed by atoms with Crippen molar-refractivity contribution in [3.8, 4) is 17.1 Å². The molecule has 1 saturated carbocycles. The molecule has 0 spiro atoms. The Kier molecular flexibility index (Phi) is 7.20. The number of pyridine rings is 1. The molecule has 42 heavy (non-hydrogen) atoms. The van der Waals surface area contributed by atoms with Crippen molar-refractivity contribution in [2.24, 2.45) is 5.41 Å². The number of carboxylic acid groups (broad SMARTS) is 1. The number of ether oxygens (including phenoxy) is 1. The number of aromatic nitrogens is 3. The van der Waals surface area contributed by atoms with Crippen molar-refractivity contribution in [3.05, 3.63) is 113 Å². The van der Waals surface area contributed by atoms with E-state index in [1.807, 2.05) is 17.6 Å². The Labute approximate surface area is 241 Å². The smallest absolute Gasteiger partial charge is 0.335 e. The summed E-state index contributed by atoms with van der Waals surface area (Å²) in [6.45, 7) is 2.32. The Morgan fingerprint density at radius 2 is 1.76 bits per heavy atom. The third-order valence-corrected chi connectivity index (χ3v) is 7.87. The number of hydrogen-bond acceptors (Lipinski definition) is 5. The van der Waals surface area contributed by atoms with Crippen molar-refractivity contribution < 1.29 is 28.5 Å². The Bertz CT molecular complexity index is 1810. The van der Waals surface area contributed by atoms with Crippen molar-refractivity contribution in [2.45, 2.75) is 39.3 Å². The van der Waals surface area contributed by atoms with Gasteiger partial charge in [-0.2, -0.15) is 0 Å². The summed E-state index contributed by atoms with van der Waals surface area (Å²) in [6, 6.07) is 19.7. The van der Waals surface area contributed by atoms with Gasteiger partial charge in [0.15, 0.2) is 0 Å². The van der Waals surface area contributed by atoms with Crippen LogP contribution in [-0.2, 0) is 19.6 Å². The van der Waals surface area contributed by atoms with Crippen LogP contribution < -0.4 is 4.74 Å². The van der Waals surface area contributed by atoms with E-state index in [1.54, 1.807) is 48.5 Å².